The number of hydrogen-bond acceptors (Lipinski definition) is 4. The first-order valence-corrected chi connectivity index (χ1v) is 5.13. The van der Waals surface area contributed by atoms with Crippen LogP contribution < -0.4 is 35.3 Å². The van der Waals surface area contributed by atoms with Gasteiger partial charge in [-0.3, -0.25) is 0 Å². The van der Waals surface area contributed by atoms with Gasteiger partial charge in [0.25, 0.3) is 0 Å². The molecule has 14 heavy (non-hydrogen) atoms. The molecule has 0 atom stereocenters. The van der Waals surface area contributed by atoms with E-state index in [1.165, 1.54) is 19.1 Å². The quantitative estimate of drug-likeness (QED) is 0.356. The molecule has 4 nitrogen and oxygen atoms in total. The maximum atomic E-state index is 10.7. The molecule has 0 amide bonds. The molecule has 0 fully saturated rings. The Morgan fingerprint density at radius 3 is 2.29 bits per heavy atom. The van der Waals surface area contributed by atoms with Crippen molar-refractivity contribution in [1.82, 2.24) is 0 Å². The molecule has 0 radical (unpaired) electrons. The summed E-state index contributed by atoms with van der Waals surface area (Å²) in [5.41, 5.74) is 5.48. The second kappa shape index (κ2) is 4.83. The van der Waals surface area contributed by atoms with E-state index >= 15 is 0 Å². The van der Waals surface area contributed by atoms with Gasteiger partial charge in [0.05, 0.1) is 15.6 Å². The van der Waals surface area contributed by atoms with Crippen molar-refractivity contribution in [3.8, 4) is 0 Å². The van der Waals surface area contributed by atoms with E-state index in [1.807, 2.05) is 0 Å². The van der Waals surface area contributed by atoms with Crippen molar-refractivity contribution in [2.45, 2.75) is 11.8 Å². The molecule has 0 unspecified atom stereocenters. The van der Waals surface area contributed by atoms with Crippen LogP contribution in [0.1, 0.15) is 5.56 Å². The Hall–Kier alpha value is 0.220. The van der Waals surface area contributed by atoms with Crippen LogP contribution >= 0.6 is 11.6 Å². The van der Waals surface area contributed by atoms with Crippen molar-refractivity contribution in [3.05, 3.63) is 22.7 Å². The van der Waals surface area contributed by atoms with Crippen molar-refractivity contribution in [2.75, 3.05) is 5.73 Å². The summed E-state index contributed by atoms with van der Waals surface area (Å²) in [6.07, 6.45) is 0. The molecular weight excluding hydrogens is 237 g/mol. The fourth-order valence-corrected chi connectivity index (χ4v) is 2.07. The standard InChI is InChI=1S/C7H8ClNO3S.Na/c1-4-2-3-5(8)6(9)7(4)13(10,11)12;/h2-3H,9H2,1H3,(H,10,11,12);/q;+1/p-1. The van der Waals surface area contributed by atoms with Crippen LogP contribution in [0.15, 0.2) is 17.0 Å². The van der Waals surface area contributed by atoms with E-state index in [2.05, 4.69) is 0 Å². The second-order valence-corrected chi connectivity index (χ2v) is 4.28. The van der Waals surface area contributed by atoms with Gasteiger partial charge in [0.1, 0.15) is 10.1 Å². The Balaban J connectivity index is 0.00000169. The zero-order valence-corrected chi connectivity index (χ0v) is 11.3. The van der Waals surface area contributed by atoms with E-state index in [-0.39, 0.29) is 40.3 Å². The predicted octanol–water partition coefficient (Wildman–Crippen LogP) is -1.86. The van der Waals surface area contributed by atoms with Gasteiger partial charge in [-0.2, -0.15) is 0 Å². The van der Waals surface area contributed by atoms with Gasteiger partial charge in [-0.25, -0.2) is 8.42 Å². The van der Waals surface area contributed by atoms with E-state index < -0.39 is 15.0 Å². The average Bonchev–Trinajstić information content (AvgIpc) is 1.95. The molecule has 1 rings (SSSR count). The van der Waals surface area contributed by atoms with Crippen LogP contribution in [0.2, 0.25) is 5.02 Å². The van der Waals surface area contributed by atoms with Gasteiger partial charge < -0.3 is 10.3 Å². The number of rotatable bonds is 1. The summed E-state index contributed by atoms with van der Waals surface area (Å²) in [6, 6.07) is 2.88. The van der Waals surface area contributed by atoms with E-state index in [1.54, 1.807) is 0 Å². The summed E-state index contributed by atoms with van der Waals surface area (Å²) in [5, 5.41) is 0.0695. The third-order valence-electron chi connectivity index (χ3n) is 1.59. The molecule has 2 N–H and O–H groups in total. The summed E-state index contributed by atoms with van der Waals surface area (Å²) in [5.74, 6) is 0. The third-order valence-corrected chi connectivity index (χ3v) is 2.96. The molecule has 0 saturated heterocycles. The molecule has 0 saturated carbocycles. The molecule has 1 aromatic rings. The average molecular weight is 244 g/mol. The summed E-state index contributed by atoms with van der Waals surface area (Å²) >= 11 is 5.56. The largest absolute Gasteiger partial charge is 1.00 e. The van der Waals surface area contributed by atoms with Crippen molar-refractivity contribution < 1.29 is 42.5 Å². The fourth-order valence-electron chi connectivity index (χ4n) is 1.02. The van der Waals surface area contributed by atoms with Gasteiger partial charge in [-0.15, -0.1) is 0 Å². The van der Waals surface area contributed by atoms with Gasteiger partial charge in [0, 0.05) is 0 Å². The monoisotopic (exact) mass is 243 g/mol. The topological polar surface area (TPSA) is 83.2 Å². The maximum Gasteiger partial charge on any atom is 1.00 e. The van der Waals surface area contributed by atoms with Crippen LogP contribution in [0.3, 0.4) is 0 Å². The van der Waals surface area contributed by atoms with Crippen molar-refractivity contribution in [3.63, 3.8) is 0 Å². The van der Waals surface area contributed by atoms with Gasteiger partial charge in [0.2, 0.25) is 0 Å². The molecule has 7 heteroatoms. The van der Waals surface area contributed by atoms with Crippen molar-refractivity contribution in [1.29, 1.82) is 0 Å². The van der Waals surface area contributed by atoms with Crippen LogP contribution in [0.25, 0.3) is 0 Å². The van der Waals surface area contributed by atoms with E-state index in [4.69, 9.17) is 17.3 Å². The molecule has 0 bridgehead atoms. The van der Waals surface area contributed by atoms with Gasteiger partial charge in [-0.05, 0) is 18.6 Å². The zero-order chi connectivity index (χ0) is 10.2. The second-order valence-electron chi connectivity index (χ2n) is 2.56. The van der Waals surface area contributed by atoms with Crippen LogP contribution in [-0.2, 0) is 10.1 Å². The molecular formula is C7H7ClNNaO3S. The molecule has 0 aliphatic heterocycles. The minimum absolute atomic E-state index is 0. The number of halogens is 1. The first-order valence-electron chi connectivity index (χ1n) is 3.34. The van der Waals surface area contributed by atoms with E-state index in [0.717, 1.165) is 0 Å². The van der Waals surface area contributed by atoms with E-state index in [9.17, 15) is 13.0 Å². The van der Waals surface area contributed by atoms with Gasteiger partial charge in [0.15, 0.2) is 0 Å². The van der Waals surface area contributed by atoms with Gasteiger partial charge >= 0.3 is 29.6 Å². The number of hydrogen-bond donors (Lipinski definition) is 1. The SMILES string of the molecule is Cc1ccc(Cl)c(N)c1S(=O)(=O)[O-].[Na+]. The molecule has 72 valence electrons. The first-order chi connectivity index (χ1) is 5.84. The number of nitrogen functional groups attached to an aromatic ring is 1. The molecule has 1 aromatic carbocycles. The maximum absolute atomic E-state index is 10.7. The fraction of sp³-hybridized carbons (Fsp3) is 0.143. The van der Waals surface area contributed by atoms with Crippen molar-refractivity contribution in [2.24, 2.45) is 0 Å². The minimum Gasteiger partial charge on any atom is -0.744 e. The number of nitrogens with two attached hydrogens (primary N) is 1. The molecule has 0 spiro atoms. The Labute approximate surface area is 109 Å². The summed E-state index contributed by atoms with van der Waals surface area (Å²) in [7, 11) is -4.55. The third kappa shape index (κ3) is 2.85. The number of benzene rings is 1. The first kappa shape index (κ1) is 14.2. The summed E-state index contributed by atoms with van der Waals surface area (Å²) in [6.45, 7) is 1.48. The van der Waals surface area contributed by atoms with Crippen LogP contribution in [0.5, 0.6) is 0 Å². The molecule has 0 aromatic heterocycles. The minimum atomic E-state index is -4.55. The normalized spacial score (nSPS) is 10.8. The summed E-state index contributed by atoms with van der Waals surface area (Å²) < 4.78 is 32.2. The predicted molar refractivity (Wildman–Crippen MR) is 48.6 cm³/mol. The Kier molecular flexibility index (Phi) is 4.90. The summed E-state index contributed by atoms with van der Waals surface area (Å²) in [4.78, 5) is -0.431. The Morgan fingerprint density at radius 2 is 1.93 bits per heavy atom. The van der Waals surface area contributed by atoms with E-state index in [0.29, 0.717) is 5.56 Å². The van der Waals surface area contributed by atoms with Crippen molar-refractivity contribution >= 4 is 27.4 Å². The Morgan fingerprint density at radius 1 is 1.43 bits per heavy atom. The van der Waals surface area contributed by atoms with Crippen LogP contribution in [0, 0.1) is 6.92 Å². The van der Waals surface area contributed by atoms with Crippen LogP contribution in [0.4, 0.5) is 5.69 Å². The molecule has 0 heterocycles. The number of anilines is 1. The Bertz CT molecular complexity index is 446. The van der Waals surface area contributed by atoms with Crippen LogP contribution in [-0.4, -0.2) is 13.0 Å². The molecule has 0 aliphatic rings. The van der Waals surface area contributed by atoms with Gasteiger partial charge in [-0.1, -0.05) is 17.7 Å². The number of aryl methyl sites for hydroxylation is 1. The zero-order valence-electron chi connectivity index (χ0n) is 7.74. The smallest absolute Gasteiger partial charge is 0.744 e. The molecule has 0 aliphatic carbocycles.